The Labute approximate surface area is 98.1 Å². The minimum absolute atomic E-state index is 0.424. The normalized spacial score (nSPS) is 13.1. The summed E-state index contributed by atoms with van der Waals surface area (Å²) in [4.78, 5) is 0. The molecule has 0 amide bonds. The third-order valence-corrected chi connectivity index (χ3v) is 2.47. The second kappa shape index (κ2) is 6.02. The van der Waals surface area contributed by atoms with E-state index in [0.29, 0.717) is 0 Å². The molecular weight excluding hydrogens is 196 g/mol. The molecular formula is C15H18O. The van der Waals surface area contributed by atoms with Crippen molar-refractivity contribution in [2.75, 3.05) is 0 Å². The number of ether oxygens (including phenoxy) is 1. The molecule has 16 heavy (non-hydrogen) atoms. The summed E-state index contributed by atoms with van der Waals surface area (Å²) in [7, 11) is 0. The fourth-order valence-electron chi connectivity index (χ4n) is 1.63. The van der Waals surface area contributed by atoms with Gasteiger partial charge in [-0.2, -0.15) is 0 Å². The van der Waals surface area contributed by atoms with Crippen LogP contribution >= 0.6 is 0 Å². The van der Waals surface area contributed by atoms with Crippen LogP contribution in [-0.2, 0) is 11.2 Å². The number of aryl methyl sites for hydroxylation is 1. The molecule has 1 heteroatoms. The Morgan fingerprint density at radius 3 is 2.62 bits per heavy atom. The molecule has 0 N–H and O–H groups in total. The lowest BCUT2D eigenvalue weighted by Gasteiger charge is -2.23. The molecule has 0 aromatic heterocycles. The van der Waals surface area contributed by atoms with Gasteiger partial charge in [-0.05, 0) is 25.8 Å². The van der Waals surface area contributed by atoms with Gasteiger partial charge in [0, 0.05) is 6.42 Å². The summed E-state index contributed by atoms with van der Waals surface area (Å²) >= 11 is 0. The van der Waals surface area contributed by atoms with E-state index in [1.807, 2.05) is 32.0 Å². The Hall–Kier alpha value is -1.68. The maximum atomic E-state index is 5.48. The van der Waals surface area contributed by atoms with Gasteiger partial charge in [-0.25, -0.2) is 0 Å². The first-order valence-corrected chi connectivity index (χ1v) is 5.47. The molecule has 0 fully saturated rings. The van der Waals surface area contributed by atoms with Crippen LogP contribution < -0.4 is 0 Å². The zero-order chi connectivity index (χ0) is 11.9. The topological polar surface area (TPSA) is 9.23 Å². The third-order valence-electron chi connectivity index (χ3n) is 2.47. The highest BCUT2D eigenvalue weighted by molar-refractivity contribution is 5.18. The van der Waals surface area contributed by atoms with Gasteiger partial charge in [0.2, 0.25) is 0 Å². The second-order valence-electron chi connectivity index (χ2n) is 3.88. The maximum Gasteiger partial charge on any atom is 0.165 e. The smallest absolute Gasteiger partial charge is 0.165 e. The van der Waals surface area contributed by atoms with E-state index >= 15 is 0 Å². The Balaban J connectivity index is 2.62. The van der Waals surface area contributed by atoms with Crippen LogP contribution in [0.4, 0.5) is 0 Å². The van der Waals surface area contributed by atoms with E-state index in [1.54, 1.807) is 0 Å². The van der Waals surface area contributed by atoms with Crippen molar-refractivity contribution in [1.29, 1.82) is 0 Å². The van der Waals surface area contributed by atoms with Crippen LogP contribution in [0.5, 0.6) is 0 Å². The average Bonchev–Trinajstić information content (AvgIpc) is 2.29. The zero-order valence-corrected chi connectivity index (χ0v) is 9.99. The van der Waals surface area contributed by atoms with Crippen molar-refractivity contribution in [2.45, 2.75) is 32.3 Å². The SMILES string of the molecule is C=COC(C)(C#CC)CCc1ccccc1. The van der Waals surface area contributed by atoms with E-state index in [2.05, 4.69) is 30.6 Å². The highest BCUT2D eigenvalue weighted by Gasteiger charge is 2.21. The van der Waals surface area contributed by atoms with Crippen LogP contribution in [0.1, 0.15) is 25.8 Å². The fraction of sp³-hybridized carbons (Fsp3) is 0.333. The summed E-state index contributed by atoms with van der Waals surface area (Å²) in [5.41, 5.74) is 0.881. The highest BCUT2D eigenvalue weighted by Crippen LogP contribution is 2.18. The molecule has 0 bridgehead atoms. The van der Waals surface area contributed by atoms with Crippen molar-refractivity contribution in [3.05, 3.63) is 48.7 Å². The quantitative estimate of drug-likeness (QED) is 0.538. The van der Waals surface area contributed by atoms with Gasteiger partial charge in [0.1, 0.15) is 0 Å². The van der Waals surface area contributed by atoms with Gasteiger partial charge < -0.3 is 4.74 Å². The lowest BCUT2D eigenvalue weighted by molar-refractivity contribution is 0.0880. The molecule has 1 aromatic rings. The molecule has 1 unspecified atom stereocenters. The third kappa shape index (κ3) is 3.82. The monoisotopic (exact) mass is 214 g/mol. The predicted octanol–water partition coefficient (Wildman–Crippen LogP) is 3.56. The first kappa shape index (κ1) is 12.4. The van der Waals surface area contributed by atoms with Crippen molar-refractivity contribution in [1.82, 2.24) is 0 Å². The van der Waals surface area contributed by atoms with Gasteiger partial charge in [0.15, 0.2) is 5.60 Å². The highest BCUT2D eigenvalue weighted by atomic mass is 16.5. The molecule has 0 aliphatic carbocycles. The number of rotatable bonds is 5. The first-order valence-electron chi connectivity index (χ1n) is 5.47. The number of benzene rings is 1. The standard InChI is InChI=1S/C15H18O/c1-4-12-15(3,16-5-2)13-11-14-9-7-6-8-10-14/h5-10H,2,11,13H2,1,3H3. The van der Waals surface area contributed by atoms with Crippen LogP contribution in [0.15, 0.2) is 43.2 Å². The number of hydrogen-bond donors (Lipinski definition) is 0. The van der Waals surface area contributed by atoms with Crippen LogP contribution in [0.3, 0.4) is 0 Å². The Bertz CT molecular complexity index is 383. The molecule has 0 saturated carbocycles. The summed E-state index contributed by atoms with van der Waals surface area (Å²) < 4.78 is 5.48. The summed E-state index contributed by atoms with van der Waals surface area (Å²) in [6.45, 7) is 7.41. The van der Waals surface area contributed by atoms with Crippen molar-refractivity contribution in [3.63, 3.8) is 0 Å². The maximum absolute atomic E-state index is 5.48. The molecule has 1 atom stereocenters. The minimum atomic E-state index is -0.424. The molecule has 0 aliphatic heterocycles. The second-order valence-corrected chi connectivity index (χ2v) is 3.88. The molecule has 0 aliphatic rings. The Morgan fingerprint density at radius 1 is 1.38 bits per heavy atom. The Kier molecular flexibility index (Phi) is 4.66. The lowest BCUT2D eigenvalue weighted by atomic mass is 9.97. The molecule has 0 spiro atoms. The van der Waals surface area contributed by atoms with Crippen molar-refractivity contribution in [3.8, 4) is 11.8 Å². The molecule has 0 saturated heterocycles. The van der Waals surface area contributed by atoms with Crippen molar-refractivity contribution >= 4 is 0 Å². The molecule has 84 valence electrons. The van der Waals surface area contributed by atoms with Gasteiger partial charge in [0.05, 0.1) is 6.26 Å². The van der Waals surface area contributed by atoms with Gasteiger partial charge in [-0.3, -0.25) is 0 Å². The fourth-order valence-corrected chi connectivity index (χ4v) is 1.63. The lowest BCUT2D eigenvalue weighted by Crippen LogP contribution is -2.25. The van der Waals surface area contributed by atoms with Crippen LogP contribution in [0.25, 0.3) is 0 Å². The minimum Gasteiger partial charge on any atom is -0.483 e. The summed E-state index contributed by atoms with van der Waals surface area (Å²) in [6.07, 6.45) is 3.29. The molecule has 1 rings (SSSR count). The van der Waals surface area contributed by atoms with Crippen molar-refractivity contribution in [2.24, 2.45) is 0 Å². The molecule has 0 radical (unpaired) electrons. The molecule has 0 heterocycles. The van der Waals surface area contributed by atoms with E-state index in [-0.39, 0.29) is 0 Å². The summed E-state index contributed by atoms with van der Waals surface area (Å²) in [5, 5.41) is 0. The van der Waals surface area contributed by atoms with Crippen molar-refractivity contribution < 1.29 is 4.74 Å². The molecule has 1 nitrogen and oxygen atoms in total. The van der Waals surface area contributed by atoms with Gasteiger partial charge >= 0.3 is 0 Å². The Morgan fingerprint density at radius 2 is 2.06 bits per heavy atom. The number of hydrogen-bond acceptors (Lipinski definition) is 1. The van der Waals surface area contributed by atoms with E-state index in [1.165, 1.54) is 11.8 Å². The predicted molar refractivity (Wildman–Crippen MR) is 67.9 cm³/mol. The van der Waals surface area contributed by atoms with Crippen LogP contribution in [0.2, 0.25) is 0 Å². The van der Waals surface area contributed by atoms with Gasteiger partial charge in [-0.15, -0.1) is 5.92 Å². The summed E-state index contributed by atoms with van der Waals surface area (Å²) in [5.74, 6) is 5.99. The van der Waals surface area contributed by atoms with Crippen LogP contribution in [-0.4, -0.2) is 5.60 Å². The van der Waals surface area contributed by atoms with Gasteiger partial charge in [-0.1, -0.05) is 42.8 Å². The van der Waals surface area contributed by atoms with E-state index < -0.39 is 5.60 Å². The van der Waals surface area contributed by atoms with Gasteiger partial charge in [0.25, 0.3) is 0 Å². The first-order chi connectivity index (χ1) is 7.70. The summed E-state index contributed by atoms with van der Waals surface area (Å²) in [6, 6.07) is 10.4. The van der Waals surface area contributed by atoms with E-state index in [9.17, 15) is 0 Å². The van der Waals surface area contributed by atoms with E-state index in [4.69, 9.17) is 4.74 Å². The zero-order valence-electron chi connectivity index (χ0n) is 9.99. The van der Waals surface area contributed by atoms with Crippen LogP contribution in [0, 0.1) is 11.8 Å². The van der Waals surface area contributed by atoms with E-state index in [0.717, 1.165) is 12.8 Å². The largest absolute Gasteiger partial charge is 0.483 e. The average molecular weight is 214 g/mol. The molecule has 1 aromatic carbocycles.